The maximum atomic E-state index is 6.10. The summed E-state index contributed by atoms with van der Waals surface area (Å²) in [6.45, 7) is 4.16. The van der Waals surface area contributed by atoms with Crippen molar-refractivity contribution < 1.29 is 4.74 Å². The number of hydrogen-bond acceptors (Lipinski definition) is 5. The molecule has 0 spiro atoms. The molecule has 0 unspecified atom stereocenters. The van der Waals surface area contributed by atoms with E-state index in [4.69, 9.17) is 22.1 Å². The maximum absolute atomic E-state index is 6.10. The monoisotopic (exact) mass is 318 g/mol. The van der Waals surface area contributed by atoms with E-state index in [1.165, 1.54) is 6.20 Å². The predicted molar refractivity (Wildman–Crippen MR) is 89.9 cm³/mol. The minimum absolute atomic E-state index is 0.367. The molecular formula is C16H19ClN4O. The summed E-state index contributed by atoms with van der Waals surface area (Å²) in [5, 5.41) is 0.407. The molecule has 2 N–H and O–H groups in total. The number of pyridine rings is 1. The van der Waals surface area contributed by atoms with Crippen molar-refractivity contribution in [2.45, 2.75) is 0 Å². The second-order valence-electron chi connectivity index (χ2n) is 5.45. The van der Waals surface area contributed by atoms with Gasteiger partial charge >= 0.3 is 0 Å². The number of piperazine rings is 1. The lowest BCUT2D eigenvalue weighted by molar-refractivity contribution is 0.312. The summed E-state index contributed by atoms with van der Waals surface area (Å²) < 4.78 is 5.78. The molecule has 1 fully saturated rings. The summed E-state index contributed by atoms with van der Waals surface area (Å²) in [5.41, 5.74) is 7.31. The van der Waals surface area contributed by atoms with E-state index < -0.39 is 0 Å². The van der Waals surface area contributed by atoms with Gasteiger partial charge in [-0.3, -0.25) is 0 Å². The van der Waals surface area contributed by atoms with Crippen molar-refractivity contribution in [3.8, 4) is 11.6 Å². The van der Waals surface area contributed by atoms with Crippen molar-refractivity contribution >= 4 is 23.0 Å². The van der Waals surface area contributed by atoms with E-state index in [9.17, 15) is 0 Å². The van der Waals surface area contributed by atoms with Gasteiger partial charge in [0.2, 0.25) is 5.88 Å². The molecule has 0 aliphatic carbocycles. The highest BCUT2D eigenvalue weighted by atomic mass is 35.5. The normalized spacial score (nSPS) is 15.8. The van der Waals surface area contributed by atoms with Crippen LogP contribution in [0.1, 0.15) is 0 Å². The van der Waals surface area contributed by atoms with Gasteiger partial charge in [-0.1, -0.05) is 17.7 Å². The van der Waals surface area contributed by atoms with Gasteiger partial charge in [-0.25, -0.2) is 4.98 Å². The third-order valence-electron chi connectivity index (χ3n) is 3.73. The first-order valence-corrected chi connectivity index (χ1v) is 7.62. The summed E-state index contributed by atoms with van der Waals surface area (Å²) in [4.78, 5) is 8.81. The Hall–Kier alpha value is -1.98. The number of likely N-dealkylation sites (N-methyl/N-ethyl adjacent to an activating group) is 1. The predicted octanol–water partition coefficient (Wildman–Crippen LogP) is 2.86. The van der Waals surface area contributed by atoms with E-state index in [0.29, 0.717) is 16.6 Å². The van der Waals surface area contributed by atoms with Crippen LogP contribution < -0.4 is 15.4 Å². The molecule has 0 radical (unpaired) electrons. The van der Waals surface area contributed by atoms with E-state index >= 15 is 0 Å². The SMILES string of the molecule is CN1CCN(c2cccc(Oc3ncc(N)cc3Cl)c2)CC1. The van der Waals surface area contributed by atoms with Crippen LogP contribution in [0.4, 0.5) is 11.4 Å². The number of anilines is 2. The van der Waals surface area contributed by atoms with Gasteiger partial charge in [-0.15, -0.1) is 0 Å². The van der Waals surface area contributed by atoms with Crippen molar-refractivity contribution in [1.82, 2.24) is 9.88 Å². The van der Waals surface area contributed by atoms with E-state index in [1.54, 1.807) is 6.07 Å². The van der Waals surface area contributed by atoms with Crippen molar-refractivity contribution in [2.75, 3.05) is 43.9 Å². The number of benzene rings is 1. The van der Waals surface area contributed by atoms with Gasteiger partial charge in [0.15, 0.2) is 0 Å². The number of halogens is 1. The molecule has 2 aromatic rings. The maximum Gasteiger partial charge on any atom is 0.238 e. The number of aromatic nitrogens is 1. The molecule has 1 saturated heterocycles. The largest absolute Gasteiger partial charge is 0.437 e. The van der Waals surface area contributed by atoms with Crippen LogP contribution in [0.2, 0.25) is 5.02 Å². The molecule has 0 saturated carbocycles. The fraction of sp³-hybridized carbons (Fsp3) is 0.312. The van der Waals surface area contributed by atoms with Gasteiger partial charge in [0.25, 0.3) is 0 Å². The highest BCUT2D eigenvalue weighted by Gasteiger charge is 2.15. The Morgan fingerprint density at radius 3 is 2.68 bits per heavy atom. The average Bonchev–Trinajstić information content (AvgIpc) is 2.51. The quantitative estimate of drug-likeness (QED) is 0.943. The Labute approximate surface area is 135 Å². The van der Waals surface area contributed by atoms with Crippen LogP contribution in [0.3, 0.4) is 0 Å². The van der Waals surface area contributed by atoms with E-state index in [1.807, 2.05) is 18.2 Å². The number of hydrogen-bond donors (Lipinski definition) is 1. The minimum Gasteiger partial charge on any atom is -0.437 e. The van der Waals surface area contributed by atoms with Crippen LogP contribution in [0.25, 0.3) is 0 Å². The van der Waals surface area contributed by atoms with Crippen LogP contribution in [-0.2, 0) is 0 Å². The molecule has 6 heteroatoms. The molecule has 1 aliphatic heterocycles. The van der Waals surface area contributed by atoms with Crippen LogP contribution in [-0.4, -0.2) is 43.1 Å². The molecule has 5 nitrogen and oxygen atoms in total. The second-order valence-corrected chi connectivity index (χ2v) is 5.85. The summed E-state index contributed by atoms with van der Waals surface area (Å²) in [5.74, 6) is 1.09. The zero-order valence-electron chi connectivity index (χ0n) is 12.5. The van der Waals surface area contributed by atoms with E-state index in [2.05, 4.69) is 27.9 Å². The summed E-state index contributed by atoms with van der Waals surface area (Å²) in [7, 11) is 2.14. The second kappa shape index (κ2) is 6.42. The lowest BCUT2D eigenvalue weighted by Crippen LogP contribution is -2.44. The number of nitrogens with zero attached hydrogens (tertiary/aromatic N) is 3. The Morgan fingerprint density at radius 2 is 1.95 bits per heavy atom. The number of nitrogens with two attached hydrogens (primary N) is 1. The van der Waals surface area contributed by atoms with Gasteiger partial charge in [-0.05, 0) is 25.2 Å². The van der Waals surface area contributed by atoms with E-state index in [0.717, 1.165) is 37.6 Å². The van der Waals surface area contributed by atoms with Crippen molar-refractivity contribution in [2.24, 2.45) is 0 Å². The summed E-state index contributed by atoms with van der Waals surface area (Å²) >= 11 is 6.10. The number of ether oxygens (including phenoxy) is 1. The van der Waals surface area contributed by atoms with Gasteiger partial charge in [0.05, 0.1) is 11.9 Å². The Balaban J connectivity index is 1.76. The first-order valence-electron chi connectivity index (χ1n) is 7.24. The molecular weight excluding hydrogens is 300 g/mol. The van der Waals surface area contributed by atoms with Crippen molar-refractivity contribution in [1.29, 1.82) is 0 Å². The molecule has 0 amide bonds. The lowest BCUT2D eigenvalue weighted by Gasteiger charge is -2.34. The third kappa shape index (κ3) is 3.43. The van der Waals surface area contributed by atoms with Crippen LogP contribution in [0, 0.1) is 0 Å². The van der Waals surface area contributed by atoms with Crippen LogP contribution >= 0.6 is 11.6 Å². The Morgan fingerprint density at radius 1 is 1.18 bits per heavy atom. The van der Waals surface area contributed by atoms with Gasteiger partial charge in [0.1, 0.15) is 10.8 Å². The van der Waals surface area contributed by atoms with Crippen LogP contribution in [0.5, 0.6) is 11.6 Å². The number of rotatable bonds is 3. The third-order valence-corrected chi connectivity index (χ3v) is 4.00. The van der Waals surface area contributed by atoms with Gasteiger partial charge in [0, 0.05) is 37.9 Å². The molecule has 22 heavy (non-hydrogen) atoms. The Kier molecular flexibility index (Phi) is 4.36. The molecule has 0 bridgehead atoms. The molecule has 1 aliphatic rings. The highest BCUT2D eigenvalue weighted by Crippen LogP contribution is 2.30. The summed E-state index contributed by atoms with van der Waals surface area (Å²) in [6.07, 6.45) is 1.53. The van der Waals surface area contributed by atoms with Crippen molar-refractivity contribution in [3.63, 3.8) is 0 Å². The van der Waals surface area contributed by atoms with Crippen LogP contribution in [0.15, 0.2) is 36.5 Å². The summed E-state index contributed by atoms with van der Waals surface area (Å²) in [6, 6.07) is 9.62. The first-order chi connectivity index (χ1) is 10.6. The minimum atomic E-state index is 0.367. The van der Waals surface area contributed by atoms with Gasteiger partial charge in [-0.2, -0.15) is 0 Å². The number of nitrogen functional groups attached to an aromatic ring is 1. The molecule has 3 rings (SSSR count). The molecule has 2 heterocycles. The lowest BCUT2D eigenvalue weighted by atomic mass is 10.2. The molecule has 116 valence electrons. The Bertz CT molecular complexity index is 656. The topological polar surface area (TPSA) is 54.6 Å². The average molecular weight is 319 g/mol. The van der Waals surface area contributed by atoms with Gasteiger partial charge < -0.3 is 20.3 Å². The zero-order valence-corrected chi connectivity index (χ0v) is 13.3. The highest BCUT2D eigenvalue weighted by molar-refractivity contribution is 6.32. The molecule has 1 aromatic carbocycles. The fourth-order valence-corrected chi connectivity index (χ4v) is 2.65. The molecule has 0 atom stereocenters. The molecule has 1 aromatic heterocycles. The smallest absolute Gasteiger partial charge is 0.238 e. The van der Waals surface area contributed by atoms with Crippen molar-refractivity contribution in [3.05, 3.63) is 41.6 Å². The first kappa shape index (κ1) is 14.9. The zero-order chi connectivity index (χ0) is 15.5. The fourth-order valence-electron chi connectivity index (χ4n) is 2.44. The van der Waals surface area contributed by atoms with E-state index in [-0.39, 0.29) is 0 Å². The standard InChI is InChI=1S/C16H19ClN4O/c1-20-5-7-21(8-6-20)13-3-2-4-14(10-13)22-16-15(17)9-12(18)11-19-16/h2-4,9-11H,5-8,18H2,1H3.